The number of nitrogens with one attached hydrogen (secondary N) is 2. The summed E-state index contributed by atoms with van der Waals surface area (Å²) in [5.74, 6) is -1.74. The van der Waals surface area contributed by atoms with Gasteiger partial charge in [-0.15, -0.1) is 0 Å². The van der Waals surface area contributed by atoms with E-state index in [2.05, 4.69) is 10.6 Å². The summed E-state index contributed by atoms with van der Waals surface area (Å²) >= 11 is 0. The summed E-state index contributed by atoms with van der Waals surface area (Å²) in [6.07, 6.45) is 4.23. The Balaban J connectivity index is 1.95. The molecule has 2 rings (SSSR count). The number of imide groups is 1. The third-order valence-corrected chi connectivity index (χ3v) is 4.70. The molecular weight excluding hydrogens is 314 g/mol. The molecule has 0 aromatic rings. The highest BCUT2D eigenvalue weighted by Crippen LogP contribution is 2.33. The Labute approximate surface area is 141 Å². The second-order valence-electron chi connectivity index (χ2n) is 7.29. The third-order valence-electron chi connectivity index (χ3n) is 4.70. The van der Waals surface area contributed by atoms with Gasteiger partial charge in [0, 0.05) is 12.0 Å². The molecular formula is C16H25N3O5. The predicted octanol–water partition coefficient (Wildman–Crippen LogP) is 1.00. The van der Waals surface area contributed by atoms with Crippen molar-refractivity contribution in [2.24, 2.45) is 0 Å². The van der Waals surface area contributed by atoms with Crippen molar-refractivity contribution in [3.05, 3.63) is 0 Å². The van der Waals surface area contributed by atoms with Crippen LogP contribution in [0.2, 0.25) is 0 Å². The van der Waals surface area contributed by atoms with E-state index in [1.165, 1.54) is 0 Å². The van der Waals surface area contributed by atoms with E-state index in [1.54, 1.807) is 13.8 Å². The number of carboxylic acids is 1. The summed E-state index contributed by atoms with van der Waals surface area (Å²) in [7, 11) is 0. The Kier molecular flexibility index (Phi) is 5.15. The normalized spacial score (nSPS) is 20.2. The molecule has 1 heterocycles. The van der Waals surface area contributed by atoms with E-state index in [-0.39, 0.29) is 25.3 Å². The Hall–Kier alpha value is -2.12. The van der Waals surface area contributed by atoms with Gasteiger partial charge in [0.2, 0.25) is 5.91 Å². The molecule has 24 heavy (non-hydrogen) atoms. The minimum absolute atomic E-state index is 0.0699. The molecule has 2 fully saturated rings. The van der Waals surface area contributed by atoms with E-state index in [4.69, 9.17) is 5.11 Å². The highest BCUT2D eigenvalue weighted by molar-refractivity contribution is 6.09. The van der Waals surface area contributed by atoms with Crippen LogP contribution in [0, 0.1) is 0 Å². The molecule has 134 valence electrons. The van der Waals surface area contributed by atoms with Crippen LogP contribution in [0.25, 0.3) is 0 Å². The van der Waals surface area contributed by atoms with Crippen molar-refractivity contribution < 1.29 is 24.3 Å². The number of carboxylic acid groups (broad SMARTS) is 1. The van der Waals surface area contributed by atoms with Crippen molar-refractivity contribution in [3.8, 4) is 0 Å². The second-order valence-corrected chi connectivity index (χ2v) is 7.29. The lowest BCUT2D eigenvalue weighted by atomic mass is 9.82. The number of urea groups is 1. The fourth-order valence-electron chi connectivity index (χ4n) is 3.36. The van der Waals surface area contributed by atoms with Crippen LogP contribution in [0.1, 0.15) is 58.8 Å². The van der Waals surface area contributed by atoms with Crippen molar-refractivity contribution in [2.45, 2.75) is 69.9 Å². The van der Waals surface area contributed by atoms with Crippen LogP contribution in [0.4, 0.5) is 4.79 Å². The molecule has 0 unspecified atom stereocenters. The molecule has 0 atom stereocenters. The summed E-state index contributed by atoms with van der Waals surface area (Å²) in [6.45, 7) is 3.08. The first-order valence-electron chi connectivity index (χ1n) is 8.32. The van der Waals surface area contributed by atoms with Crippen LogP contribution in [0.3, 0.4) is 0 Å². The molecule has 2 aliphatic rings. The summed E-state index contributed by atoms with van der Waals surface area (Å²) in [4.78, 5) is 48.5. The van der Waals surface area contributed by atoms with Crippen molar-refractivity contribution in [1.82, 2.24) is 15.5 Å². The number of hydrogen-bond donors (Lipinski definition) is 3. The van der Waals surface area contributed by atoms with Crippen LogP contribution in [0.15, 0.2) is 0 Å². The summed E-state index contributed by atoms with van der Waals surface area (Å²) in [5.41, 5.74) is -1.56. The predicted molar refractivity (Wildman–Crippen MR) is 85.2 cm³/mol. The highest BCUT2D eigenvalue weighted by Gasteiger charge is 2.51. The summed E-state index contributed by atoms with van der Waals surface area (Å²) in [5, 5.41) is 14.2. The van der Waals surface area contributed by atoms with Crippen LogP contribution in [-0.2, 0) is 14.4 Å². The molecule has 3 N–H and O–H groups in total. The van der Waals surface area contributed by atoms with E-state index in [9.17, 15) is 19.2 Å². The third kappa shape index (κ3) is 4.04. The quantitative estimate of drug-likeness (QED) is 0.624. The zero-order chi connectivity index (χ0) is 18.0. The molecule has 0 radical (unpaired) electrons. The number of aliphatic carboxylic acids is 1. The van der Waals surface area contributed by atoms with Gasteiger partial charge in [-0.1, -0.05) is 19.3 Å². The van der Waals surface area contributed by atoms with E-state index < -0.39 is 29.0 Å². The van der Waals surface area contributed by atoms with E-state index >= 15 is 0 Å². The van der Waals surface area contributed by atoms with Gasteiger partial charge in [0.1, 0.15) is 12.1 Å². The number of rotatable bonds is 6. The van der Waals surface area contributed by atoms with E-state index in [0.29, 0.717) is 12.8 Å². The minimum Gasteiger partial charge on any atom is -0.481 e. The number of carbonyl (C=O) groups is 4. The summed E-state index contributed by atoms with van der Waals surface area (Å²) in [6, 6.07) is -0.527. The maximum Gasteiger partial charge on any atom is 0.325 e. The van der Waals surface area contributed by atoms with Crippen molar-refractivity contribution in [2.75, 3.05) is 6.54 Å². The monoisotopic (exact) mass is 339 g/mol. The molecule has 1 spiro atoms. The average molecular weight is 339 g/mol. The second kappa shape index (κ2) is 6.78. The SMILES string of the molecule is CC(C)(CCC(=O)O)NC(=O)CN1C(=O)NC2(CCCCC2)C1=O. The first-order valence-corrected chi connectivity index (χ1v) is 8.32. The number of hydrogen-bond acceptors (Lipinski definition) is 4. The van der Waals surface area contributed by atoms with Crippen LogP contribution >= 0.6 is 0 Å². The summed E-state index contributed by atoms with van der Waals surface area (Å²) < 4.78 is 0. The molecule has 0 aromatic carbocycles. The lowest BCUT2D eigenvalue weighted by Gasteiger charge is -2.30. The molecule has 0 aromatic heterocycles. The Morgan fingerprint density at radius 3 is 2.46 bits per heavy atom. The molecule has 4 amide bonds. The van der Waals surface area contributed by atoms with Crippen LogP contribution in [-0.4, -0.2) is 51.4 Å². The van der Waals surface area contributed by atoms with E-state index in [0.717, 1.165) is 24.2 Å². The lowest BCUT2D eigenvalue weighted by molar-refractivity contribution is -0.138. The largest absolute Gasteiger partial charge is 0.481 e. The molecule has 8 heteroatoms. The van der Waals surface area contributed by atoms with Gasteiger partial charge in [0.15, 0.2) is 0 Å². The smallest absolute Gasteiger partial charge is 0.325 e. The van der Waals surface area contributed by atoms with Gasteiger partial charge >= 0.3 is 12.0 Å². The van der Waals surface area contributed by atoms with Crippen LogP contribution in [0.5, 0.6) is 0 Å². The topological polar surface area (TPSA) is 116 Å². The molecule has 1 saturated carbocycles. The van der Waals surface area contributed by atoms with Crippen molar-refractivity contribution in [1.29, 1.82) is 0 Å². The first kappa shape index (κ1) is 18.2. The Morgan fingerprint density at radius 2 is 1.88 bits per heavy atom. The molecule has 0 bridgehead atoms. The molecule has 8 nitrogen and oxygen atoms in total. The molecule has 1 saturated heterocycles. The van der Waals surface area contributed by atoms with Crippen LogP contribution < -0.4 is 10.6 Å². The first-order chi connectivity index (χ1) is 11.2. The van der Waals surface area contributed by atoms with Crippen molar-refractivity contribution >= 4 is 23.8 Å². The fourth-order valence-corrected chi connectivity index (χ4v) is 3.36. The van der Waals surface area contributed by atoms with Gasteiger partial charge in [-0.05, 0) is 33.1 Å². The van der Waals surface area contributed by atoms with E-state index in [1.807, 2.05) is 0 Å². The lowest BCUT2D eigenvalue weighted by Crippen LogP contribution is -2.50. The standard InChI is InChI=1S/C16H25N3O5/c1-15(2,9-6-12(21)22)17-11(20)10-19-13(23)16(18-14(19)24)7-4-3-5-8-16/h3-10H2,1-2H3,(H,17,20)(H,18,24)(H,21,22). The molecule has 1 aliphatic carbocycles. The highest BCUT2D eigenvalue weighted by atomic mass is 16.4. The van der Waals surface area contributed by atoms with Gasteiger partial charge < -0.3 is 15.7 Å². The maximum atomic E-state index is 12.6. The van der Waals surface area contributed by atoms with Crippen molar-refractivity contribution in [3.63, 3.8) is 0 Å². The number of amides is 4. The Morgan fingerprint density at radius 1 is 1.25 bits per heavy atom. The fraction of sp³-hybridized carbons (Fsp3) is 0.750. The zero-order valence-electron chi connectivity index (χ0n) is 14.2. The van der Waals surface area contributed by atoms with Gasteiger partial charge in [0.25, 0.3) is 5.91 Å². The Bertz CT molecular complexity index is 552. The van der Waals surface area contributed by atoms with Gasteiger partial charge in [-0.2, -0.15) is 0 Å². The number of carbonyl (C=O) groups excluding carboxylic acids is 3. The average Bonchev–Trinajstić information content (AvgIpc) is 2.70. The minimum atomic E-state index is -0.939. The van der Waals surface area contributed by atoms with Gasteiger partial charge in [-0.25, -0.2) is 4.79 Å². The maximum absolute atomic E-state index is 12.6. The van der Waals surface area contributed by atoms with Gasteiger partial charge in [-0.3, -0.25) is 19.3 Å². The zero-order valence-corrected chi connectivity index (χ0v) is 14.2. The number of nitrogens with zero attached hydrogens (tertiary/aromatic N) is 1. The molecule has 1 aliphatic heterocycles. The van der Waals surface area contributed by atoms with Gasteiger partial charge in [0.05, 0.1) is 0 Å².